The van der Waals surface area contributed by atoms with Crippen LogP contribution in [0.5, 0.6) is 0 Å². The number of rotatable bonds is 3. The van der Waals surface area contributed by atoms with Crippen LogP contribution in [-0.2, 0) is 22.0 Å². The summed E-state index contributed by atoms with van der Waals surface area (Å²) in [6.45, 7) is 7.70. The number of aryl methyl sites for hydroxylation is 1. The van der Waals surface area contributed by atoms with Gasteiger partial charge in [0.05, 0.1) is 11.2 Å². The third kappa shape index (κ3) is 2.82. The van der Waals surface area contributed by atoms with E-state index in [2.05, 4.69) is 5.10 Å². The van der Waals surface area contributed by atoms with Crippen LogP contribution in [-0.4, -0.2) is 18.2 Å². The number of hydrogen-bond acceptors (Lipinski definition) is 3. The molecule has 0 unspecified atom stereocenters. The van der Waals surface area contributed by atoms with E-state index in [0.29, 0.717) is 0 Å². The molecule has 6 heteroatoms. The molecule has 0 aliphatic heterocycles. The number of primary sulfonamides is 1. The quantitative estimate of drug-likeness (QED) is 0.870. The fraction of sp³-hybridized carbons (Fsp3) is 0.700. The number of nitrogens with two attached hydrogens (primary N) is 1. The van der Waals surface area contributed by atoms with Crippen LogP contribution in [0, 0.1) is 0 Å². The standard InChI is InChI=1S/C10H19N3O2S/c1-5-6-8-7-9(16(11,14)15)13(12-8)10(2,3)4/h7H,5-6H2,1-4H3,(H2,11,14,15). The highest BCUT2D eigenvalue weighted by atomic mass is 32.2. The first kappa shape index (κ1) is 13.2. The van der Waals surface area contributed by atoms with Gasteiger partial charge < -0.3 is 0 Å². The molecule has 0 bridgehead atoms. The molecule has 0 amide bonds. The molecule has 0 radical (unpaired) electrons. The van der Waals surface area contributed by atoms with Crippen molar-refractivity contribution in [2.45, 2.75) is 51.1 Å². The van der Waals surface area contributed by atoms with Gasteiger partial charge in [-0.05, 0) is 33.3 Å². The van der Waals surface area contributed by atoms with E-state index >= 15 is 0 Å². The third-order valence-corrected chi connectivity index (χ3v) is 3.03. The van der Waals surface area contributed by atoms with Gasteiger partial charge in [-0.3, -0.25) is 0 Å². The van der Waals surface area contributed by atoms with Crippen LogP contribution in [0.4, 0.5) is 0 Å². The molecule has 5 nitrogen and oxygen atoms in total. The van der Waals surface area contributed by atoms with Crippen LogP contribution in [0.1, 0.15) is 39.8 Å². The molecule has 0 aromatic carbocycles. The minimum Gasteiger partial charge on any atom is -0.247 e. The van der Waals surface area contributed by atoms with Gasteiger partial charge >= 0.3 is 0 Å². The van der Waals surface area contributed by atoms with Crippen LogP contribution in [0.3, 0.4) is 0 Å². The average Bonchev–Trinajstić information content (AvgIpc) is 2.47. The van der Waals surface area contributed by atoms with Crippen molar-refractivity contribution < 1.29 is 8.42 Å². The van der Waals surface area contributed by atoms with Crippen LogP contribution in [0.15, 0.2) is 11.1 Å². The van der Waals surface area contributed by atoms with Crippen molar-refractivity contribution in [2.75, 3.05) is 0 Å². The Kier molecular flexibility index (Phi) is 3.44. The molecule has 1 heterocycles. The Morgan fingerprint density at radius 3 is 2.31 bits per heavy atom. The summed E-state index contributed by atoms with van der Waals surface area (Å²) in [6, 6.07) is 1.56. The van der Waals surface area contributed by atoms with Gasteiger partial charge in [0.25, 0.3) is 10.0 Å². The Morgan fingerprint density at radius 2 is 2.00 bits per heavy atom. The molecule has 0 saturated heterocycles. The Morgan fingerprint density at radius 1 is 1.44 bits per heavy atom. The van der Waals surface area contributed by atoms with Crippen LogP contribution in [0.25, 0.3) is 0 Å². The largest absolute Gasteiger partial charge is 0.255 e. The topological polar surface area (TPSA) is 78.0 Å². The average molecular weight is 245 g/mol. The Bertz CT molecular complexity index is 469. The Labute approximate surface area is 96.7 Å². The lowest BCUT2D eigenvalue weighted by Gasteiger charge is -2.21. The van der Waals surface area contributed by atoms with Crippen molar-refractivity contribution in [1.29, 1.82) is 0 Å². The van der Waals surface area contributed by atoms with E-state index in [1.54, 1.807) is 6.07 Å². The first-order valence-corrected chi connectivity index (χ1v) is 6.83. The highest BCUT2D eigenvalue weighted by Gasteiger charge is 2.25. The zero-order valence-electron chi connectivity index (χ0n) is 10.2. The SMILES string of the molecule is CCCc1cc(S(N)(=O)=O)n(C(C)(C)C)n1. The predicted molar refractivity (Wildman–Crippen MR) is 62.6 cm³/mol. The van der Waals surface area contributed by atoms with Gasteiger partial charge in [0, 0.05) is 0 Å². The minimum absolute atomic E-state index is 0.0865. The summed E-state index contributed by atoms with van der Waals surface area (Å²) in [6.07, 6.45) is 1.68. The van der Waals surface area contributed by atoms with E-state index in [1.807, 2.05) is 27.7 Å². The maximum Gasteiger partial charge on any atom is 0.255 e. The van der Waals surface area contributed by atoms with Gasteiger partial charge in [0.1, 0.15) is 0 Å². The van der Waals surface area contributed by atoms with E-state index in [0.717, 1.165) is 18.5 Å². The highest BCUT2D eigenvalue weighted by molar-refractivity contribution is 7.89. The summed E-state index contributed by atoms with van der Waals surface area (Å²) in [7, 11) is -3.71. The molecular weight excluding hydrogens is 226 g/mol. The zero-order valence-corrected chi connectivity index (χ0v) is 11.0. The van der Waals surface area contributed by atoms with Crippen molar-refractivity contribution in [2.24, 2.45) is 5.14 Å². The number of hydrogen-bond donors (Lipinski definition) is 1. The fourth-order valence-corrected chi connectivity index (χ4v) is 2.33. The number of aromatic nitrogens is 2. The van der Waals surface area contributed by atoms with Crippen molar-refractivity contribution in [3.05, 3.63) is 11.8 Å². The van der Waals surface area contributed by atoms with Gasteiger partial charge in [-0.25, -0.2) is 18.2 Å². The highest BCUT2D eigenvalue weighted by Crippen LogP contribution is 2.20. The second-order valence-electron chi connectivity index (χ2n) is 4.85. The molecule has 16 heavy (non-hydrogen) atoms. The maximum atomic E-state index is 11.4. The molecule has 1 aromatic rings. The van der Waals surface area contributed by atoms with E-state index in [1.165, 1.54) is 4.68 Å². The van der Waals surface area contributed by atoms with Gasteiger partial charge in [-0.1, -0.05) is 13.3 Å². The normalized spacial score (nSPS) is 13.1. The summed E-state index contributed by atoms with van der Waals surface area (Å²) >= 11 is 0. The lowest BCUT2D eigenvalue weighted by atomic mass is 10.1. The summed E-state index contributed by atoms with van der Waals surface area (Å²) < 4.78 is 24.3. The molecule has 92 valence electrons. The second-order valence-corrected chi connectivity index (χ2v) is 6.36. The molecule has 0 aliphatic carbocycles. The molecule has 0 atom stereocenters. The zero-order chi connectivity index (χ0) is 12.6. The van der Waals surface area contributed by atoms with Gasteiger partial charge in [0.2, 0.25) is 0 Å². The van der Waals surface area contributed by atoms with Gasteiger partial charge in [-0.15, -0.1) is 0 Å². The summed E-state index contributed by atoms with van der Waals surface area (Å²) in [5.41, 5.74) is 0.370. The lowest BCUT2D eigenvalue weighted by Crippen LogP contribution is -2.29. The predicted octanol–water partition coefficient (Wildman–Crippen LogP) is 1.24. The van der Waals surface area contributed by atoms with E-state index in [4.69, 9.17) is 5.14 Å². The van der Waals surface area contributed by atoms with Crippen molar-refractivity contribution in [3.8, 4) is 0 Å². The fourth-order valence-electron chi connectivity index (χ4n) is 1.47. The Hall–Kier alpha value is -0.880. The molecule has 1 rings (SSSR count). The molecule has 2 N–H and O–H groups in total. The summed E-state index contributed by atoms with van der Waals surface area (Å²) in [4.78, 5) is 0. The molecule has 0 spiro atoms. The smallest absolute Gasteiger partial charge is 0.247 e. The summed E-state index contributed by atoms with van der Waals surface area (Å²) in [5, 5.41) is 9.56. The van der Waals surface area contributed by atoms with E-state index in [9.17, 15) is 8.42 Å². The first-order valence-electron chi connectivity index (χ1n) is 5.28. The lowest BCUT2D eigenvalue weighted by molar-refractivity contribution is 0.324. The van der Waals surface area contributed by atoms with E-state index < -0.39 is 15.6 Å². The minimum atomic E-state index is -3.71. The number of nitrogens with zero attached hydrogens (tertiary/aromatic N) is 2. The first-order chi connectivity index (χ1) is 7.16. The van der Waals surface area contributed by atoms with Crippen LogP contribution in [0.2, 0.25) is 0 Å². The van der Waals surface area contributed by atoms with Gasteiger partial charge in [-0.2, -0.15) is 5.10 Å². The summed E-state index contributed by atoms with van der Waals surface area (Å²) in [5.74, 6) is 0. The van der Waals surface area contributed by atoms with Crippen molar-refractivity contribution in [1.82, 2.24) is 9.78 Å². The molecule has 1 aromatic heterocycles. The third-order valence-electron chi connectivity index (χ3n) is 2.16. The molecular formula is C10H19N3O2S. The van der Waals surface area contributed by atoms with Crippen molar-refractivity contribution >= 4 is 10.0 Å². The van der Waals surface area contributed by atoms with E-state index in [-0.39, 0.29) is 5.03 Å². The van der Waals surface area contributed by atoms with Crippen molar-refractivity contribution in [3.63, 3.8) is 0 Å². The number of sulfonamides is 1. The van der Waals surface area contributed by atoms with Crippen LogP contribution >= 0.6 is 0 Å². The van der Waals surface area contributed by atoms with Crippen LogP contribution < -0.4 is 5.14 Å². The molecule has 0 saturated carbocycles. The molecule has 0 fully saturated rings. The molecule has 0 aliphatic rings. The second kappa shape index (κ2) is 4.18. The van der Waals surface area contributed by atoms with Gasteiger partial charge in [0.15, 0.2) is 5.03 Å². The Balaban J connectivity index is 3.35. The monoisotopic (exact) mass is 245 g/mol. The maximum absolute atomic E-state index is 11.4.